The lowest BCUT2D eigenvalue weighted by Crippen LogP contribution is -2.42. The number of anilines is 1. The summed E-state index contributed by atoms with van der Waals surface area (Å²) in [4.78, 5) is 17.7. The smallest absolute Gasteiger partial charge is 0.258 e. The number of benzene rings is 3. The summed E-state index contributed by atoms with van der Waals surface area (Å²) in [5.41, 5.74) is 4.75. The standard InChI is InChI=1S/C31H33ClN2O3/c32-24-14-12-23(13-15-24)31(37)16-20-33(21-17-31)18-5-10-25-26-7-1-2-9-28(26)30(36)34(19-6-22-35)29-11-4-3-8-27(25)29/h1-4,7-15,35,37H,5-6,16-22H2/b25-10+. The molecule has 5 rings (SSSR count). The van der Waals surface area contributed by atoms with Crippen LogP contribution in [0.3, 0.4) is 0 Å². The number of rotatable bonds is 7. The van der Waals surface area contributed by atoms with Crippen molar-refractivity contribution < 1.29 is 15.0 Å². The molecule has 0 bridgehead atoms. The Bertz CT molecular complexity index is 1280. The summed E-state index contributed by atoms with van der Waals surface area (Å²) in [5, 5.41) is 21.3. The molecule has 0 spiro atoms. The van der Waals surface area contributed by atoms with Crippen LogP contribution in [0.4, 0.5) is 5.69 Å². The normalized spacial score (nSPS) is 18.4. The maximum absolute atomic E-state index is 13.5. The molecule has 0 radical (unpaired) electrons. The van der Waals surface area contributed by atoms with E-state index in [1.54, 1.807) is 4.90 Å². The van der Waals surface area contributed by atoms with Gasteiger partial charge in [0.15, 0.2) is 0 Å². The monoisotopic (exact) mass is 516 g/mol. The Kier molecular flexibility index (Phi) is 7.77. The van der Waals surface area contributed by atoms with Crippen LogP contribution in [0.15, 0.2) is 78.9 Å². The predicted octanol–water partition coefficient (Wildman–Crippen LogP) is 5.49. The summed E-state index contributed by atoms with van der Waals surface area (Å²) >= 11 is 6.03. The Hall–Kier alpha value is -2.96. The van der Waals surface area contributed by atoms with E-state index in [0.717, 1.165) is 54.0 Å². The Balaban J connectivity index is 1.35. The average molecular weight is 517 g/mol. The Labute approximate surface area is 223 Å². The molecule has 0 saturated carbocycles. The van der Waals surface area contributed by atoms with E-state index in [1.807, 2.05) is 66.7 Å². The molecule has 0 atom stereocenters. The number of carbonyl (C=O) groups excluding carboxylic acids is 1. The molecule has 2 heterocycles. The van der Waals surface area contributed by atoms with E-state index in [2.05, 4.69) is 17.0 Å². The van der Waals surface area contributed by atoms with E-state index in [1.165, 1.54) is 0 Å². The molecule has 2 aliphatic rings. The van der Waals surface area contributed by atoms with Crippen LogP contribution < -0.4 is 4.90 Å². The summed E-state index contributed by atoms with van der Waals surface area (Å²) in [5.74, 6) is -0.0302. The summed E-state index contributed by atoms with van der Waals surface area (Å²) in [6, 6.07) is 23.4. The van der Waals surface area contributed by atoms with Crippen molar-refractivity contribution in [2.24, 2.45) is 0 Å². The van der Waals surface area contributed by atoms with Gasteiger partial charge in [0.2, 0.25) is 0 Å². The van der Waals surface area contributed by atoms with Gasteiger partial charge < -0.3 is 20.0 Å². The van der Waals surface area contributed by atoms with E-state index >= 15 is 0 Å². The highest BCUT2D eigenvalue weighted by Gasteiger charge is 2.34. The zero-order valence-electron chi connectivity index (χ0n) is 20.9. The molecule has 192 valence electrons. The minimum atomic E-state index is -0.808. The van der Waals surface area contributed by atoms with Crippen LogP contribution in [0, 0.1) is 0 Å². The summed E-state index contributed by atoms with van der Waals surface area (Å²) in [7, 11) is 0. The summed E-state index contributed by atoms with van der Waals surface area (Å²) in [6.45, 7) is 3.04. The number of nitrogens with zero attached hydrogens (tertiary/aromatic N) is 2. The molecule has 0 aliphatic carbocycles. The third-order valence-corrected chi connectivity index (χ3v) is 7.83. The highest BCUT2D eigenvalue weighted by molar-refractivity contribution is 6.30. The number of hydrogen-bond acceptors (Lipinski definition) is 4. The predicted molar refractivity (Wildman–Crippen MR) is 149 cm³/mol. The molecule has 3 aromatic carbocycles. The van der Waals surface area contributed by atoms with Crippen LogP contribution in [-0.4, -0.2) is 53.8 Å². The van der Waals surface area contributed by atoms with Gasteiger partial charge in [-0.2, -0.15) is 0 Å². The number of likely N-dealkylation sites (tertiary alicyclic amines) is 1. The number of para-hydroxylation sites is 1. The molecule has 6 heteroatoms. The van der Waals surface area contributed by atoms with Crippen molar-refractivity contribution in [1.82, 2.24) is 4.90 Å². The number of piperidine rings is 1. The van der Waals surface area contributed by atoms with Crippen LogP contribution in [0.5, 0.6) is 0 Å². The Morgan fingerprint density at radius 3 is 2.22 bits per heavy atom. The zero-order valence-corrected chi connectivity index (χ0v) is 21.7. The molecular weight excluding hydrogens is 484 g/mol. The number of hydrogen-bond donors (Lipinski definition) is 2. The number of halogens is 1. The third-order valence-electron chi connectivity index (χ3n) is 7.58. The Morgan fingerprint density at radius 1 is 0.865 bits per heavy atom. The van der Waals surface area contributed by atoms with Gasteiger partial charge >= 0.3 is 0 Å². The fourth-order valence-electron chi connectivity index (χ4n) is 5.50. The van der Waals surface area contributed by atoms with E-state index < -0.39 is 5.60 Å². The molecule has 2 aliphatic heterocycles. The van der Waals surface area contributed by atoms with Crippen LogP contribution in [0.1, 0.15) is 52.7 Å². The largest absolute Gasteiger partial charge is 0.396 e. The van der Waals surface area contributed by atoms with Crippen molar-refractivity contribution in [2.75, 3.05) is 37.7 Å². The van der Waals surface area contributed by atoms with Crippen molar-refractivity contribution >= 4 is 28.8 Å². The molecule has 3 aromatic rings. The SMILES string of the molecule is O=C1c2ccccc2/C(=C\CCN2CCC(O)(c3ccc(Cl)cc3)CC2)c2ccccc2N1CCCO. The molecule has 37 heavy (non-hydrogen) atoms. The minimum absolute atomic E-state index is 0.0302. The second kappa shape index (κ2) is 11.2. The van der Waals surface area contributed by atoms with Crippen molar-refractivity contribution in [3.05, 3.63) is 106 Å². The van der Waals surface area contributed by atoms with E-state index in [9.17, 15) is 15.0 Å². The zero-order chi connectivity index (χ0) is 25.8. The highest BCUT2D eigenvalue weighted by Crippen LogP contribution is 2.38. The number of aliphatic hydroxyl groups is 2. The molecule has 5 nitrogen and oxygen atoms in total. The van der Waals surface area contributed by atoms with E-state index in [4.69, 9.17) is 11.6 Å². The first-order valence-corrected chi connectivity index (χ1v) is 13.4. The lowest BCUT2D eigenvalue weighted by atomic mass is 9.84. The topological polar surface area (TPSA) is 64.0 Å². The van der Waals surface area contributed by atoms with Gasteiger partial charge in [0.05, 0.1) is 11.3 Å². The fourth-order valence-corrected chi connectivity index (χ4v) is 5.62. The van der Waals surface area contributed by atoms with Crippen molar-refractivity contribution in [3.8, 4) is 0 Å². The van der Waals surface area contributed by atoms with Crippen molar-refractivity contribution in [1.29, 1.82) is 0 Å². The van der Waals surface area contributed by atoms with Gasteiger partial charge in [-0.1, -0.05) is 66.2 Å². The third kappa shape index (κ3) is 5.36. The first kappa shape index (κ1) is 25.7. The maximum atomic E-state index is 13.5. The Morgan fingerprint density at radius 2 is 1.51 bits per heavy atom. The van der Waals surface area contributed by atoms with E-state index in [-0.39, 0.29) is 12.5 Å². The number of carbonyl (C=O) groups is 1. The first-order chi connectivity index (χ1) is 18.0. The molecule has 2 N–H and O–H groups in total. The first-order valence-electron chi connectivity index (χ1n) is 13.0. The maximum Gasteiger partial charge on any atom is 0.258 e. The highest BCUT2D eigenvalue weighted by atomic mass is 35.5. The number of amides is 1. The van der Waals surface area contributed by atoms with Gasteiger partial charge in [-0.25, -0.2) is 0 Å². The van der Waals surface area contributed by atoms with Crippen LogP contribution in [-0.2, 0) is 5.60 Å². The molecular formula is C31H33ClN2O3. The lowest BCUT2D eigenvalue weighted by molar-refractivity contribution is -0.0254. The van der Waals surface area contributed by atoms with Crippen molar-refractivity contribution in [3.63, 3.8) is 0 Å². The quantitative estimate of drug-likeness (QED) is 0.436. The van der Waals surface area contributed by atoms with Crippen molar-refractivity contribution in [2.45, 2.75) is 31.3 Å². The second-order valence-electron chi connectivity index (χ2n) is 9.88. The van der Waals surface area contributed by atoms with Crippen LogP contribution in [0.2, 0.25) is 5.02 Å². The van der Waals surface area contributed by atoms with Gasteiger partial charge in [-0.15, -0.1) is 0 Å². The van der Waals surface area contributed by atoms with Crippen LogP contribution in [0.25, 0.3) is 5.57 Å². The molecule has 0 aromatic heterocycles. The lowest BCUT2D eigenvalue weighted by Gasteiger charge is -2.38. The van der Waals surface area contributed by atoms with Gasteiger partial charge in [-0.05, 0) is 66.6 Å². The fraction of sp³-hybridized carbons (Fsp3) is 0.323. The number of aliphatic hydroxyl groups excluding tert-OH is 1. The molecule has 0 unspecified atom stereocenters. The van der Waals surface area contributed by atoms with Gasteiger partial charge in [0.1, 0.15) is 0 Å². The second-order valence-corrected chi connectivity index (χ2v) is 10.3. The van der Waals surface area contributed by atoms with Gasteiger partial charge in [0.25, 0.3) is 5.91 Å². The van der Waals surface area contributed by atoms with Gasteiger partial charge in [0, 0.05) is 48.9 Å². The number of fused-ring (bicyclic) bond motifs is 2. The molecule has 1 amide bonds. The summed E-state index contributed by atoms with van der Waals surface area (Å²) in [6.07, 6.45) is 4.98. The van der Waals surface area contributed by atoms with Crippen LogP contribution >= 0.6 is 11.6 Å². The summed E-state index contributed by atoms with van der Waals surface area (Å²) < 4.78 is 0. The average Bonchev–Trinajstić information content (AvgIpc) is 3.02. The van der Waals surface area contributed by atoms with Gasteiger partial charge in [-0.3, -0.25) is 4.79 Å². The van der Waals surface area contributed by atoms with E-state index in [0.29, 0.717) is 36.4 Å². The minimum Gasteiger partial charge on any atom is -0.396 e. The molecule has 1 fully saturated rings. The molecule has 1 saturated heterocycles.